The molecular formula is C20H31N5O3. The summed E-state index contributed by atoms with van der Waals surface area (Å²) >= 11 is 0. The predicted octanol–water partition coefficient (Wildman–Crippen LogP) is 1.67. The molecule has 1 atom stereocenters. The van der Waals surface area contributed by atoms with Gasteiger partial charge in [0, 0.05) is 38.8 Å². The van der Waals surface area contributed by atoms with Crippen molar-refractivity contribution in [2.45, 2.75) is 31.7 Å². The number of likely N-dealkylation sites (N-methyl/N-ethyl adjacent to an activating group) is 1. The first kappa shape index (κ1) is 20.4. The van der Waals surface area contributed by atoms with Crippen LogP contribution >= 0.6 is 0 Å². The number of hydrogen-bond acceptors (Lipinski definition) is 6. The minimum absolute atomic E-state index is 0.0436. The van der Waals surface area contributed by atoms with Crippen LogP contribution in [0.15, 0.2) is 18.2 Å². The van der Waals surface area contributed by atoms with Crippen molar-refractivity contribution in [3.8, 4) is 0 Å². The molecule has 8 nitrogen and oxygen atoms in total. The Kier molecular flexibility index (Phi) is 7.08. The fraction of sp³-hybridized carbons (Fsp3) is 0.650. The van der Waals surface area contributed by atoms with Gasteiger partial charge in [-0.05, 0) is 50.8 Å². The number of pyridine rings is 1. The van der Waals surface area contributed by atoms with E-state index < -0.39 is 6.09 Å². The summed E-state index contributed by atoms with van der Waals surface area (Å²) in [5, 5.41) is 12.5. The van der Waals surface area contributed by atoms with Crippen LogP contribution in [0, 0.1) is 5.92 Å². The van der Waals surface area contributed by atoms with E-state index in [1.54, 1.807) is 0 Å². The summed E-state index contributed by atoms with van der Waals surface area (Å²) in [7, 11) is 1.86. The van der Waals surface area contributed by atoms with Gasteiger partial charge in [-0.2, -0.15) is 0 Å². The van der Waals surface area contributed by atoms with Gasteiger partial charge in [-0.1, -0.05) is 6.07 Å². The molecule has 1 aromatic rings. The van der Waals surface area contributed by atoms with Crippen LogP contribution in [0.5, 0.6) is 0 Å². The first-order chi connectivity index (χ1) is 13.6. The highest BCUT2D eigenvalue weighted by Gasteiger charge is 2.29. The van der Waals surface area contributed by atoms with Crippen LogP contribution in [0.4, 0.5) is 16.4 Å². The molecule has 0 saturated carbocycles. The molecule has 2 fully saturated rings. The van der Waals surface area contributed by atoms with E-state index in [0.29, 0.717) is 18.7 Å². The van der Waals surface area contributed by atoms with Crippen LogP contribution in [0.3, 0.4) is 0 Å². The van der Waals surface area contributed by atoms with Crippen molar-refractivity contribution in [1.82, 2.24) is 15.2 Å². The molecule has 28 heavy (non-hydrogen) atoms. The van der Waals surface area contributed by atoms with Gasteiger partial charge in [0.1, 0.15) is 17.9 Å². The molecule has 3 heterocycles. The molecule has 2 aliphatic heterocycles. The third-order valence-electron chi connectivity index (χ3n) is 5.94. The summed E-state index contributed by atoms with van der Waals surface area (Å²) in [6, 6.07) is 6.29. The lowest BCUT2D eigenvalue weighted by molar-refractivity contribution is -0.108. The van der Waals surface area contributed by atoms with Gasteiger partial charge < -0.3 is 25.0 Å². The summed E-state index contributed by atoms with van der Waals surface area (Å²) in [4.78, 5) is 32.8. The zero-order valence-electron chi connectivity index (χ0n) is 16.6. The zero-order valence-corrected chi connectivity index (χ0v) is 16.6. The van der Waals surface area contributed by atoms with Gasteiger partial charge in [-0.3, -0.25) is 4.90 Å². The summed E-state index contributed by atoms with van der Waals surface area (Å²) < 4.78 is 0. The van der Waals surface area contributed by atoms with E-state index in [2.05, 4.69) is 33.3 Å². The number of nitrogens with one attached hydrogen (secondary N) is 1. The van der Waals surface area contributed by atoms with Crippen molar-refractivity contribution in [1.29, 1.82) is 0 Å². The summed E-state index contributed by atoms with van der Waals surface area (Å²) in [6.45, 7) is 4.23. The Hall–Kier alpha value is -2.35. The number of anilines is 2. The molecule has 2 N–H and O–H groups in total. The molecule has 3 rings (SSSR count). The average molecular weight is 390 g/mol. The minimum Gasteiger partial charge on any atom is -0.465 e. The molecule has 8 heteroatoms. The Balaban J connectivity index is 1.58. The number of nitrogens with zero attached hydrogens (tertiary/aromatic N) is 4. The minimum atomic E-state index is -1.05. The highest BCUT2D eigenvalue weighted by Crippen LogP contribution is 2.27. The Morgan fingerprint density at radius 2 is 1.86 bits per heavy atom. The number of rotatable bonds is 8. The highest BCUT2D eigenvalue weighted by atomic mass is 16.4. The third-order valence-corrected chi connectivity index (χ3v) is 5.94. The number of aromatic nitrogens is 1. The number of carbonyl (C=O) groups excluding carboxylic acids is 1. The van der Waals surface area contributed by atoms with Crippen molar-refractivity contribution in [3.63, 3.8) is 0 Å². The van der Waals surface area contributed by atoms with Crippen LogP contribution in [-0.2, 0) is 4.79 Å². The lowest BCUT2D eigenvalue weighted by Gasteiger charge is -2.38. The van der Waals surface area contributed by atoms with Gasteiger partial charge in [0.05, 0.1) is 6.54 Å². The smallest absolute Gasteiger partial charge is 0.407 e. The Morgan fingerprint density at radius 3 is 2.39 bits per heavy atom. The lowest BCUT2D eigenvalue weighted by Crippen LogP contribution is -2.49. The summed E-state index contributed by atoms with van der Waals surface area (Å²) in [5.74, 6) is 2.46. The second kappa shape index (κ2) is 9.73. The van der Waals surface area contributed by atoms with Crippen molar-refractivity contribution in [2.75, 3.05) is 56.1 Å². The molecule has 1 amide bonds. The summed E-state index contributed by atoms with van der Waals surface area (Å²) in [6.07, 6.45) is 4.00. The first-order valence-electron chi connectivity index (χ1n) is 10.2. The van der Waals surface area contributed by atoms with Crippen LogP contribution in [0.2, 0.25) is 0 Å². The van der Waals surface area contributed by atoms with E-state index in [4.69, 9.17) is 4.98 Å². The first-order valence-corrected chi connectivity index (χ1v) is 10.2. The monoisotopic (exact) mass is 389 g/mol. The van der Waals surface area contributed by atoms with E-state index in [1.807, 2.05) is 7.05 Å². The topological polar surface area (TPSA) is 89.0 Å². The molecule has 0 bridgehead atoms. The molecule has 0 aliphatic carbocycles. The molecule has 0 aromatic carbocycles. The Bertz CT molecular complexity index is 657. The van der Waals surface area contributed by atoms with Crippen molar-refractivity contribution >= 4 is 24.0 Å². The second-order valence-electron chi connectivity index (χ2n) is 7.62. The molecular weight excluding hydrogens is 358 g/mol. The highest BCUT2D eigenvalue weighted by molar-refractivity contribution is 5.69. The molecule has 1 aromatic heterocycles. The van der Waals surface area contributed by atoms with E-state index in [9.17, 15) is 14.7 Å². The predicted molar refractivity (Wildman–Crippen MR) is 109 cm³/mol. The van der Waals surface area contributed by atoms with E-state index >= 15 is 0 Å². The maximum absolute atomic E-state index is 11.3. The molecule has 1 unspecified atom stereocenters. The normalized spacial score (nSPS) is 18.9. The fourth-order valence-electron chi connectivity index (χ4n) is 4.28. The molecule has 154 valence electrons. The van der Waals surface area contributed by atoms with Gasteiger partial charge >= 0.3 is 6.09 Å². The van der Waals surface area contributed by atoms with Gasteiger partial charge in [-0.25, -0.2) is 9.78 Å². The lowest BCUT2D eigenvalue weighted by atomic mass is 9.89. The van der Waals surface area contributed by atoms with Crippen LogP contribution in [0.25, 0.3) is 0 Å². The van der Waals surface area contributed by atoms with E-state index in [0.717, 1.165) is 50.7 Å². The van der Waals surface area contributed by atoms with E-state index in [-0.39, 0.29) is 12.6 Å². The molecule has 2 aliphatic rings. The SMILES string of the molecule is CNC(CN(CC=O)C(=O)O)C1CCN(c2cccc(N3CCCC3)n2)CC1. The van der Waals surface area contributed by atoms with Gasteiger partial charge in [0.2, 0.25) is 0 Å². The largest absolute Gasteiger partial charge is 0.465 e. The fourth-order valence-corrected chi connectivity index (χ4v) is 4.28. The Morgan fingerprint density at radius 1 is 1.25 bits per heavy atom. The van der Waals surface area contributed by atoms with Gasteiger partial charge in [0.25, 0.3) is 0 Å². The number of amides is 1. The van der Waals surface area contributed by atoms with Gasteiger partial charge in [0.15, 0.2) is 0 Å². The standard InChI is InChI=1S/C20H31N5O3/c1-21-17(15-25(13-14-26)20(27)28)16-7-11-24(12-8-16)19-6-4-5-18(22-19)23-9-2-3-10-23/h4-6,14,16-17,21H,2-3,7-13,15H2,1H3,(H,27,28). The number of aldehydes is 1. The maximum atomic E-state index is 11.3. The zero-order chi connectivity index (χ0) is 19.9. The second-order valence-corrected chi connectivity index (χ2v) is 7.62. The molecule has 0 radical (unpaired) electrons. The number of carboxylic acid groups (broad SMARTS) is 1. The molecule has 2 saturated heterocycles. The van der Waals surface area contributed by atoms with Crippen LogP contribution < -0.4 is 15.1 Å². The quantitative estimate of drug-likeness (QED) is 0.654. The van der Waals surface area contributed by atoms with Gasteiger partial charge in [-0.15, -0.1) is 0 Å². The number of hydrogen-bond donors (Lipinski definition) is 2. The van der Waals surface area contributed by atoms with Crippen LogP contribution in [0.1, 0.15) is 25.7 Å². The number of piperidine rings is 1. The number of carbonyl (C=O) groups is 2. The van der Waals surface area contributed by atoms with E-state index in [1.165, 1.54) is 17.7 Å². The molecule has 0 spiro atoms. The third kappa shape index (κ3) is 4.92. The Labute approximate surface area is 166 Å². The average Bonchev–Trinajstić information content (AvgIpc) is 3.26. The van der Waals surface area contributed by atoms with Crippen molar-refractivity contribution < 1.29 is 14.7 Å². The maximum Gasteiger partial charge on any atom is 0.407 e. The van der Waals surface area contributed by atoms with Crippen LogP contribution in [-0.4, -0.2) is 79.7 Å². The van der Waals surface area contributed by atoms with Crippen molar-refractivity contribution in [2.24, 2.45) is 5.92 Å². The summed E-state index contributed by atoms with van der Waals surface area (Å²) in [5.41, 5.74) is 0. The van der Waals surface area contributed by atoms with Crippen molar-refractivity contribution in [3.05, 3.63) is 18.2 Å².